The Balaban J connectivity index is 2.37. The molecule has 0 bridgehead atoms. The van der Waals surface area contributed by atoms with Crippen LogP contribution in [0.4, 0.5) is 5.69 Å². The summed E-state index contributed by atoms with van der Waals surface area (Å²) >= 11 is 3.34. The summed E-state index contributed by atoms with van der Waals surface area (Å²) in [6.45, 7) is 2.89. The lowest BCUT2D eigenvalue weighted by Gasteiger charge is -2.05. The summed E-state index contributed by atoms with van der Waals surface area (Å²) in [6, 6.07) is 7.38. The third kappa shape index (κ3) is 6.81. The Morgan fingerprint density at radius 2 is 2.26 bits per heavy atom. The molecule has 1 aromatic rings. The summed E-state index contributed by atoms with van der Waals surface area (Å²) < 4.78 is 0.912. The van der Waals surface area contributed by atoms with Crippen LogP contribution in [0.2, 0.25) is 0 Å². The molecule has 0 fully saturated rings. The third-order valence-electron chi connectivity index (χ3n) is 2.34. The van der Waals surface area contributed by atoms with E-state index in [-0.39, 0.29) is 12.5 Å². The average Bonchev–Trinajstić information content (AvgIpc) is 2.37. The minimum absolute atomic E-state index is 0.0114. The van der Waals surface area contributed by atoms with Crippen molar-refractivity contribution in [2.24, 2.45) is 10.7 Å². The number of halogens is 1. The Kier molecular flexibility index (Phi) is 6.95. The van der Waals surface area contributed by atoms with Crippen LogP contribution in [0.1, 0.15) is 19.8 Å². The van der Waals surface area contributed by atoms with Crippen LogP contribution in [0, 0.1) is 0 Å². The first-order valence-corrected chi connectivity index (χ1v) is 7.00. The number of nitrogens with zero attached hydrogens (tertiary/aromatic N) is 1. The first-order valence-electron chi connectivity index (χ1n) is 6.21. The van der Waals surface area contributed by atoms with Gasteiger partial charge in [0.15, 0.2) is 5.96 Å². The lowest BCUT2D eigenvalue weighted by Crippen LogP contribution is -2.33. The van der Waals surface area contributed by atoms with Crippen LogP contribution in [0.15, 0.2) is 33.7 Å². The first kappa shape index (κ1) is 15.5. The molecular formula is C13H19BrN4O. The van der Waals surface area contributed by atoms with Crippen molar-refractivity contribution in [2.45, 2.75) is 19.8 Å². The Morgan fingerprint density at radius 3 is 2.95 bits per heavy atom. The van der Waals surface area contributed by atoms with Crippen molar-refractivity contribution in [2.75, 3.05) is 18.4 Å². The molecule has 0 aliphatic heterocycles. The number of hydrogen-bond acceptors (Lipinski definition) is 2. The van der Waals surface area contributed by atoms with Gasteiger partial charge in [-0.25, -0.2) is 4.99 Å². The highest BCUT2D eigenvalue weighted by molar-refractivity contribution is 9.10. The molecule has 0 heterocycles. The van der Waals surface area contributed by atoms with Gasteiger partial charge in [-0.3, -0.25) is 4.79 Å². The van der Waals surface area contributed by atoms with Gasteiger partial charge in [-0.15, -0.1) is 0 Å². The monoisotopic (exact) mass is 326 g/mol. The maximum atomic E-state index is 11.6. The van der Waals surface area contributed by atoms with Gasteiger partial charge in [0, 0.05) is 16.7 Å². The molecule has 1 amide bonds. The van der Waals surface area contributed by atoms with Crippen LogP contribution in [-0.2, 0) is 4.79 Å². The van der Waals surface area contributed by atoms with E-state index in [1.165, 1.54) is 0 Å². The van der Waals surface area contributed by atoms with E-state index in [4.69, 9.17) is 5.73 Å². The Bertz CT molecular complexity index is 448. The molecule has 0 spiro atoms. The van der Waals surface area contributed by atoms with Crippen molar-refractivity contribution in [3.8, 4) is 0 Å². The fraction of sp³-hybridized carbons (Fsp3) is 0.385. The second-order valence-electron chi connectivity index (χ2n) is 4.04. The molecule has 0 aromatic heterocycles. The highest BCUT2D eigenvalue weighted by Gasteiger charge is 2.01. The van der Waals surface area contributed by atoms with Gasteiger partial charge in [-0.05, 0) is 24.6 Å². The van der Waals surface area contributed by atoms with Crippen molar-refractivity contribution in [3.63, 3.8) is 0 Å². The predicted octanol–water partition coefficient (Wildman–Crippen LogP) is 2.09. The summed E-state index contributed by atoms with van der Waals surface area (Å²) in [4.78, 5) is 15.6. The van der Waals surface area contributed by atoms with Gasteiger partial charge < -0.3 is 16.4 Å². The van der Waals surface area contributed by atoms with Gasteiger partial charge in [-0.1, -0.05) is 35.3 Å². The maximum absolute atomic E-state index is 11.6. The standard InChI is InChI=1S/C13H19BrN4O/c1-2-3-7-16-13(15)17-9-12(19)18-11-6-4-5-10(14)8-11/h4-6,8H,2-3,7,9H2,1H3,(H,18,19)(H3,15,16,17). The van der Waals surface area contributed by atoms with Crippen molar-refractivity contribution < 1.29 is 4.79 Å². The molecule has 4 N–H and O–H groups in total. The van der Waals surface area contributed by atoms with Crippen LogP contribution >= 0.6 is 15.9 Å². The fourth-order valence-corrected chi connectivity index (χ4v) is 1.77. The van der Waals surface area contributed by atoms with E-state index in [1.54, 1.807) is 0 Å². The Morgan fingerprint density at radius 1 is 1.47 bits per heavy atom. The van der Waals surface area contributed by atoms with Crippen molar-refractivity contribution in [3.05, 3.63) is 28.7 Å². The summed E-state index contributed by atoms with van der Waals surface area (Å²) in [5, 5.41) is 5.70. The molecule has 0 atom stereocenters. The molecule has 0 saturated carbocycles. The Hall–Kier alpha value is -1.56. The number of anilines is 1. The smallest absolute Gasteiger partial charge is 0.246 e. The number of rotatable bonds is 6. The van der Waals surface area contributed by atoms with E-state index >= 15 is 0 Å². The summed E-state index contributed by atoms with van der Waals surface area (Å²) in [5.41, 5.74) is 6.36. The van der Waals surface area contributed by atoms with E-state index in [1.807, 2.05) is 24.3 Å². The van der Waals surface area contributed by atoms with E-state index in [9.17, 15) is 4.79 Å². The fourth-order valence-electron chi connectivity index (χ4n) is 1.37. The number of aliphatic imine (C=N–C) groups is 1. The number of carbonyl (C=O) groups is 1. The van der Waals surface area contributed by atoms with Gasteiger partial charge in [0.25, 0.3) is 0 Å². The van der Waals surface area contributed by atoms with Crippen LogP contribution in [-0.4, -0.2) is 25.0 Å². The van der Waals surface area contributed by atoms with Crippen LogP contribution in [0.3, 0.4) is 0 Å². The van der Waals surface area contributed by atoms with E-state index in [0.717, 1.165) is 29.5 Å². The minimum Gasteiger partial charge on any atom is -0.370 e. The second kappa shape index (κ2) is 8.53. The van der Waals surface area contributed by atoms with Gasteiger partial charge in [-0.2, -0.15) is 0 Å². The lowest BCUT2D eigenvalue weighted by molar-refractivity contribution is -0.114. The maximum Gasteiger partial charge on any atom is 0.246 e. The number of unbranched alkanes of at least 4 members (excludes halogenated alkanes) is 1. The molecule has 0 saturated heterocycles. The molecule has 1 rings (SSSR count). The van der Waals surface area contributed by atoms with E-state index in [0.29, 0.717) is 5.96 Å². The molecular weight excluding hydrogens is 308 g/mol. The number of nitrogens with two attached hydrogens (primary N) is 1. The molecule has 19 heavy (non-hydrogen) atoms. The molecule has 6 heteroatoms. The second-order valence-corrected chi connectivity index (χ2v) is 4.96. The Labute approximate surface area is 121 Å². The zero-order valence-corrected chi connectivity index (χ0v) is 12.5. The topological polar surface area (TPSA) is 79.5 Å². The van der Waals surface area contributed by atoms with Crippen molar-refractivity contribution >= 4 is 33.5 Å². The number of hydrogen-bond donors (Lipinski definition) is 3. The van der Waals surface area contributed by atoms with Gasteiger partial charge in [0.05, 0.1) is 0 Å². The number of guanidine groups is 1. The zero-order valence-electron chi connectivity index (χ0n) is 10.9. The summed E-state index contributed by atoms with van der Waals surface area (Å²) in [7, 11) is 0. The normalized spacial score (nSPS) is 11.2. The van der Waals surface area contributed by atoms with Gasteiger partial charge >= 0.3 is 0 Å². The zero-order chi connectivity index (χ0) is 14.1. The molecule has 0 radical (unpaired) electrons. The van der Waals surface area contributed by atoms with Gasteiger partial charge in [0.2, 0.25) is 5.91 Å². The number of nitrogens with one attached hydrogen (secondary N) is 2. The quantitative estimate of drug-likeness (QED) is 0.425. The molecule has 5 nitrogen and oxygen atoms in total. The van der Waals surface area contributed by atoms with Crippen LogP contribution in [0.25, 0.3) is 0 Å². The van der Waals surface area contributed by atoms with Crippen molar-refractivity contribution in [1.82, 2.24) is 5.32 Å². The van der Waals surface area contributed by atoms with Crippen LogP contribution in [0.5, 0.6) is 0 Å². The number of amides is 1. The van der Waals surface area contributed by atoms with E-state index < -0.39 is 0 Å². The van der Waals surface area contributed by atoms with Gasteiger partial charge in [0.1, 0.15) is 6.54 Å². The first-order chi connectivity index (χ1) is 9.11. The highest BCUT2D eigenvalue weighted by atomic mass is 79.9. The van der Waals surface area contributed by atoms with Crippen LogP contribution < -0.4 is 16.4 Å². The molecule has 0 unspecified atom stereocenters. The molecule has 1 aromatic carbocycles. The van der Waals surface area contributed by atoms with Crippen molar-refractivity contribution in [1.29, 1.82) is 0 Å². The molecule has 104 valence electrons. The summed E-state index contributed by atoms with van der Waals surface area (Å²) in [5.74, 6) is 0.108. The molecule has 0 aliphatic rings. The lowest BCUT2D eigenvalue weighted by atomic mass is 10.3. The highest BCUT2D eigenvalue weighted by Crippen LogP contribution is 2.15. The third-order valence-corrected chi connectivity index (χ3v) is 2.83. The summed E-state index contributed by atoms with van der Waals surface area (Å²) in [6.07, 6.45) is 2.12. The number of carbonyl (C=O) groups excluding carboxylic acids is 1. The van der Waals surface area contributed by atoms with E-state index in [2.05, 4.69) is 38.5 Å². The predicted molar refractivity (Wildman–Crippen MR) is 82.2 cm³/mol. The average molecular weight is 327 g/mol. The number of benzene rings is 1. The minimum atomic E-state index is -0.196. The largest absolute Gasteiger partial charge is 0.370 e. The molecule has 0 aliphatic carbocycles. The SMILES string of the molecule is CCCCNC(N)=NCC(=O)Nc1cccc(Br)c1.